The Labute approximate surface area is 122 Å². The van der Waals surface area contributed by atoms with Crippen LogP contribution in [-0.4, -0.2) is 16.7 Å². The molecule has 2 aliphatic carbocycles. The number of Topliss-reactive ketones (excluding diaryl/α,β-unsaturated/α-hetero) is 1. The highest BCUT2D eigenvalue weighted by atomic mass is 35.5. The molecule has 0 aromatic carbocycles. The minimum absolute atomic E-state index is 0.0766. The Morgan fingerprint density at radius 1 is 1.45 bits per heavy atom. The normalized spacial score (nSPS) is 30.6. The summed E-state index contributed by atoms with van der Waals surface area (Å²) in [4.78, 5) is 29.2. The van der Waals surface area contributed by atoms with Crippen LogP contribution in [-0.2, 0) is 9.59 Å². The average molecular weight is 293 g/mol. The van der Waals surface area contributed by atoms with E-state index in [4.69, 9.17) is 11.6 Å². The van der Waals surface area contributed by atoms with Gasteiger partial charge in [0.2, 0.25) is 5.91 Å². The van der Waals surface area contributed by atoms with Gasteiger partial charge in [-0.15, -0.1) is 0 Å². The van der Waals surface area contributed by atoms with Crippen molar-refractivity contribution in [2.24, 2.45) is 16.7 Å². The summed E-state index contributed by atoms with van der Waals surface area (Å²) in [6.45, 7) is 3.91. The molecule has 2 aliphatic rings. The Morgan fingerprint density at radius 3 is 2.75 bits per heavy atom. The number of carbonyl (C=O) groups is 2. The van der Waals surface area contributed by atoms with Crippen LogP contribution in [0, 0.1) is 16.7 Å². The molecule has 2 unspecified atom stereocenters. The van der Waals surface area contributed by atoms with Crippen molar-refractivity contribution in [3.63, 3.8) is 0 Å². The zero-order valence-electron chi connectivity index (χ0n) is 11.6. The van der Waals surface area contributed by atoms with E-state index in [2.05, 4.69) is 10.3 Å². The summed E-state index contributed by atoms with van der Waals surface area (Å²) in [7, 11) is 0. The Bertz CT molecular complexity index is 582. The zero-order valence-corrected chi connectivity index (χ0v) is 12.3. The van der Waals surface area contributed by atoms with E-state index in [0.29, 0.717) is 29.6 Å². The number of carbonyl (C=O) groups excluding carboxylic acids is 2. The molecule has 0 saturated heterocycles. The number of pyridine rings is 1. The monoisotopic (exact) mass is 292 g/mol. The minimum Gasteiger partial charge on any atom is -0.310 e. The number of ketones is 1. The number of amides is 1. The van der Waals surface area contributed by atoms with Crippen molar-refractivity contribution >= 4 is 29.1 Å². The predicted octanol–water partition coefficient (Wildman–Crippen LogP) is 3.07. The highest BCUT2D eigenvalue weighted by molar-refractivity contribution is 6.30. The molecule has 20 heavy (non-hydrogen) atoms. The van der Waals surface area contributed by atoms with Crippen molar-refractivity contribution in [1.29, 1.82) is 0 Å². The summed E-state index contributed by atoms with van der Waals surface area (Å²) in [5, 5.41) is 3.28. The Balaban J connectivity index is 1.84. The molecule has 1 heterocycles. The Morgan fingerprint density at radius 2 is 2.20 bits per heavy atom. The van der Waals surface area contributed by atoms with Gasteiger partial charge in [-0.3, -0.25) is 9.59 Å². The van der Waals surface area contributed by atoms with Crippen LogP contribution in [0.1, 0.15) is 33.1 Å². The van der Waals surface area contributed by atoms with E-state index in [1.54, 1.807) is 12.1 Å². The SMILES string of the molecule is CC1(C)C(=O)C2(C(=O)Nc3ccc(Cl)cn3)CCC1C2. The molecule has 2 fully saturated rings. The minimum atomic E-state index is -0.852. The van der Waals surface area contributed by atoms with E-state index >= 15 is 0 Å². The van der Waals surface area contributed by atoms with Crippen molar-refractivity contribution in [3.8, 4) is 0 Å². The van der Waals surface area contributed by atoms with Crippen molar-refractivity contribution < 1.29 is 9.59 Å². The molecule has 2 saturated carbocycles. The smallest absolute Gasteiger partial charge is 0.239 e. The average Bonchev–Trinajstić information content (AvgIpc) is 2.93. The third-order valence-electron chi connectivity index (χ3n) is 4.96. The van der Waals surface area contributed by atoms with Crippen LogP contribution in [0.25, 0.3) is 0 Å². The molecular formula is C15H17ClN2O2. The number of nitrogens with zero attached hydrogens (tertiary/aromatic N) is 1. The van der Waals surface area contributed by atoms with Crippen molar-refractivity contribution in [1.82, 2.24) is 4.98 Å². The molecule has 0 radical (unpaired) electrons. The highest BCUT2D eigenvalue weighted by Crippen LogP contribution is 2.60. The number of rotatable bonds is 2. The van der Waals surface area contributed by atoms with Crippen LogP contribution in [0.15, 0.2) is 18.3 Å². The van der Waals surface area contributed by atoms with Gasteiger partial charge < -0.3 is 5.32 Å². The summed E-state index contributed by atoms with van der Waals surface area (Å²) in [6, 6.07) is 3.31. The van der Waals surface area contributed by atoms with Crippen LogP contribution in [0.5, 0.6) is 0 Å². The molecular weight excluding hydrogens is 276 g/mol. The number of hydrogen-bond acceptors (Lipinski definition) is 3. The van der Waals surface area contributed by atoms with E-state index < -0.39 is 5.41 Å². The zero-order chi connectivity index (χ0) is 14.5. The summed E-state index contributed by atoms with van der Waals surface area (Å²) in [5.74, 6) is 0.617. The Kier molecular flexibility index (Phi) is 2.91. The lowest BCUT2D eigenvalue weighted by atomic mass is 9.70. The molecule has 106 valence electrons. The topological polar surface area (TPSA) is 59.1 Å². The largest absolute Gasteiger partial charge is 0.310 e. The summed E-state index contributed by atoms with van der Waals surface area (Å²) >= 11 is 5.77. The van der Waals surface area contributed by atoms with E-state index in [1.807, 2.05) is 13.8 Å². The molecule has 2 atom stereocenters. The van der Waals surface area contributed by atoms with Gasteiger partial charge in [-0.05, 0) is 37.3 Å². The number of halogens is 1. The van der Waals surface area contributed by atoms with Gasteiger partial charge in [0, 0.05) is 11.6 Å². The number of anilines is 1. The van der Waals surface area contributed by atoms with Crippen molar-refractivity contribution in [3.05, 3.63) is 23.4 Å². The van der Waals surface area contributed by atoms with Gasteiger partial charge in [-0.1, -0.05) is 25.4 Å². The number of hydrogen-bond donors (Lipinski definition) is 1. The number of fused-ring (bicyclic) bond motifs is 2. The quantitative estimate of drug-likeness (QED) is 0.852. The third-order valence-corrected chi connectivity index (χ3v) is 5.18. The number of nitrogens with one attached hydrogen (secondary N) is 1. The van der Waals surface area contributed by atoms with E-state index in [9.17, 15) is 9.59 Å². The van der Waals surface area contributed by atoms with E-state index in [-0.39, 0.29) is 17.1 Å². The molecule has 5 heteroatoms. The number of aromatic nitrogens is 1. The fraction of sp³-hybridized carbons (Fsp3) is 0.533. The van der Waals surface area contributed by atoms with Gasteiger partial charge >= 0.3 is 0 Å². The first-order valence-corrected chi connectivity index (χ1v) is 7.22. The molecule has 1 aromatic rings. The van der Waals surface area contributed by atoms with Crippen LogP contribution >= 0.6 is 11.6 Å². The summed E-state index contributed by atoms with van der Waals surface area (Å²) in [6.07, 6.45) is 3.74. The molecule has 1 N–H and O–H groups in total. The van der Waals surface area contributed by atoms with Gasteiger partial charge in [0.25, 0.3) is 0 Å². The third kappa shape index (κ3) is 1.78. The van der Waals surface area contributed by atoms with Gasteiger partial charge in [0.1, 0.15) is 11.2 Å². The first-order valence-electron chi connectivity index (χ1n) is 6.84. The van der Waals surface area contributed by atoms with E-state index in [1.165, 1.54) is 6.20 Å². The van der Waals surface area contributed by atoms with Crippen LogP contribution in [0.2, 0.25) is 5.02 Å². The van der Waals surface area contributed by atoms with Crippen molar-refractivity contribution in [2.75, 3.05) is 5.32 Å². The maximum absolute atomic E-state index is 12.6. The molecule has 3 rings (SSSR count). The molecule has 1 aromatic heterocycles. The standard InChI is InChI=1S/C15H17ClN2O2/c1-14(2)9-5-6-15(7-9,12(14)19)13(20)18-11-4-3-10(16)8-17-11/h3-4,8-9H,5-7H2,1-2H3,(H,17,18,20). The fourth-order valence-corrected chi connectivity index (χ4v) is 3.78. The lowest BCUT2D eigenvalue weighted by molar-refractivity contribution is -0.142. The maximum Gasteiger partial charge on any atom is 0.239 e. The van der Waals surface area contributed by atoms with Gasteiger partial charge in [0.05, 0.1) is 5.02 Å². The lowest BCUT2D eigenvalue weighted by Crippen LogP contribution is -2.44. The molecule has 0 aliphatic heterocycles. The van der Waals surface area contributed by atoms with E-state index in [0.717, 1.165) is 6.42 Å². The lowest BCUT2D eigenvalue weighted by Gasteiger charge is -2.32. The van der Waals surface area contributed by atoms with Gasteiger partial charge in [-0.2, -0.15) is 0 Å². The molecule has 4 nitrogen and oxygen atoms in total. The Hall–Kier alpha value is -1.42. The summed E-state index contributed by atoms with van der Waals surface area (Å²) < 4.78 is 0. The first kappa shape index (κ1) is 13.6. The summed E-state index contributed by atoms with van der Waals surface area (Å²) in [5.41, 5.74) is -1.24. The van der Waals surface area contributed by atoms with Crippen LogP contribution in [0.4, 0.5) is 5.82 Å². The molecule has 1 amide bonds. The maximum atomic E-state index is 12.6. The molecule has 0 spiro atoms. The first-order chi connectivity index (χ1) is 9.36. The second kappa shape index (κ2) is 4.29. The van der Waals surface area contributed by atoms with Crippen LogP contribution in [0.3, 0.4) is 0 Å². The van der Waals surface area contributed by atoms with Gasteiger partial charge in [0.15, 0.2) is 5.78 Å². The highest BCUT2D eigenvalue weighted by Gasteiger charge is 2.65. The van der Waals surface area contributed by atoms with Crippen LogP contribution < -0.4 is 5.32 Å². The van der Waals surface area contributed by atoms with Gasteiger partial charge in [-0.25, -0.2) is 4.98 Å². The predicted molar refractivity (Wildman–Crippen MR) is 76.4 cm³/mol. The molecule has 2 bridgehead atoms. The second-order valence-corrected chi connectivity index (χ2v) is 6.82. The second-order valence-electron chi connectivity index (χ2n) is 6.39. The fourth-order valence-electron chi connectivity index (χ4n) is 3.66. The van der Waals surface area contributed by atoms with Crippen molar-refractivity contribution in [2.45, 2.75) is 33.1 Å².